The Hall–Kier alpha value is -2.23. The molecule has 0 fully saturated rings. The largest absolute Gasteiger partial charge is 0.481 e. The molecule has 1 N–H and O–H groups in total. The SMILES string of the molecule is Cc1ccnc(-c2cc(CC(=O)O)ccn2)c1. The highest BCUT2D eigenvalue weighted by Crippen LogP contribution is 2.16. The van der Waals surface area contributed by atoms with Crippen LogP contribution in [0.1, 0.15) is 11.1 Å². The van der Waals surface area contributed by atoms with E-state index in [0.29, 0.717) is 5.69 Å². The summed E-state index contributed by atoms with van der Waals surface area (Å²) in [6.45, 7) is 1.98. The standard InChI is InChI=1S/C13H12N2O2/c1-9-2-4-14-11(6-9)12-7-10(3-5-15-12)8-13(16)17/h2-7H,8H2,1H3,(H,16,17). The van der Waals surface area contributed by atoms with Crippen LogP contribution in [0.3, 0.4) is 0 Å². The minimum absolute atomic E-state index is 0.00133. The van der Waals surface area contributed by atoms with Crippen molar-refractivity contribution in [2.24, 2.45) is 0 Å². The molecule has 4 nitrogen and oxygen atoms in total. The van der Waals surface area contributed by atoms with Crippen molar-refractivity contribution in [1.82, 2.24) is 9.97 Å². The smallest absolute Gasteiger partial charge is 0.307 e. The van der Waals surface area contributed by atoms with Gasteiger partial charge in [0.2, 0.25) is 0 Å². The van der Waals surface area contributed by atoms with Gasteiger partial charge in [0.25, 0.3) is 0 Å². The molecule has 2 aromatic rings. The topological polar surface area (TPSA) is 63.1 Å². The molecule has 2 heterocycles. The Bertz CT molecular complexity index is 553. The number of carboxylic acids is 1. The van der Waals surface area contributed by atoms with Gasteiger partial charge in [0.1, 0.15) is 0 Å². The second kappa shape index (κ2) is 4.74. The number of carboxylic acid groups (broad SMARTS) is 1. The third kappa shape index (κ3) is 2.87. The summed E-state index contributed by atoms with van der Waals surface area (Å²) in [4.78, 5) is 19.1. The lowest BCUT2D eigenvalue weighted by Crippen LogP contribution is -2.00. The van der Waals surface area contributed by atoms with Gasteiger partial charge in [0.15, 0.2) is 0 Å². The van der Waals surface area contributed by atoms with Gasteiger partial charge in [0.05, 0.1) is 17.8 Å². The van der Waals surface area contributed by atoms with E-state index in [9.17, 15) is 4.79 Å². The molecule has 0 amide bonds. The van der Waals surface area contributed by atoms with Crippen molar-refractivity contribution in [2.75, 3.05) is 0 Å². The molecule has 0 atom stereocenters. The van der Waals surface area contributed by atoms with Crippen LogP contribution in [-0.4, -0.2) is 21.0 Å². The maximum Gasteiger partial charge on any atom is 0.307 e. The van der Waals surface area contributed by atoms with E-state index in [1.165, 1.54) is 0 Å². The summed E-state index contributed by atoms with van der Waals surface area (Å²) >= 11 is 0. The molecule has 2 rings (SSSR count). The molecular formula is C13H12N2O2. The molecule has 0 radical (unpaired) electrons. The molecule has 4 heteroatoms. The van der Waals surface area contributed by atoms with Gasteiger partial charge >= 0.3 is 5.97 Å². The quantitative estimate of drug-likeness (QED) is 0.873. The highest BCUT2D eigenvalue weighted by molar-refractivity contribution is 5.71. The molecule has 0 aliphatic rings. The maximum absolute atomic E-state index is 10.6. The van der Waals surface area contributed by atoms with E-state index >= 15 is 0 Å². The molecule has 0 bridgehead atoms. The molecule has 0 aromatic carbocycles. The van der Waals surface area contributed by atoms with E-state index in [1.807, 2.05) is 19.1 Å². The van der Waals surface area contributed by atoms with Crippen LogP contribution < -0.4 is 0 Å². The molecular weight excluding hydrogens is 216 g/mol. The molecule has 0 aliphatic heterocycles. The van der Waals surface area contributed by atoms with Crippen LogP contribution in [0, 0.1) is 6.92 Å². The van der Waals surface area contributed by atoms with Crippen LogP contribution in [0.2, 0.25) is 0 Å². The third-order valence-corrected chi connectivity index (χ3v) is 2.36. The number of rotatable bonds is 3. The fourth-order valence-electron chi connectivity index (χ4n) is 1.58. The van der Waals surface area contributed by atoms with E-state index in [1.54, 1.807) is 24.5 Å². The number of carbonyl (C=O) groups is 1. The summed E-state index contributed by atoms with van der Waals surface area (Å²) in [5.74, 6) is -0.848. The first-order valence-electron chi connectivity index (χ1n) is 5.25. The average molecular weight is 228 g/mol. The Morgan fingerprint density at radius 1 is 1.18 bits per heavy atom. The fourth-order valence-corrected chi connectivity index (χ4v) is 1.58. The van der Waals surface area contributed by atoms with Gasteiger partial charge in [0, 0.05) is 12.4 Å². The van der Waals surface area contributed by atoms with Gasteiger partial charge in [-0.25, -0.2) is 0 Å². The average Bonchev–Trinajstić information content (AvgIpc) is 2.28. The monoisotopic (exact) mass is 228 g/mol. The van der Waals surface area contributed by atoms with Gasteiger partial charge in [-0.15, -0.1) is 0 Å². The van der Waals surface area contributed by atoms with Crippen molar-refractivity contribution >= 4 is 5.97 Å². The second-order valence-corrected chi connectivity index (χ2v) is 3.84. The zero-order valence-corrected chi connectivity index (χ0v) is 9.42. The number of aryl methyl sites for hydroxylation is 1. The number of aromatic nitrogens is 2. The molecule has 0 spiro atoms. The highest BCUT2D eigenvalue weighted by Gasteiger charge is 2.05. The van der Waals surface area contributed by atoms with E-state index in [-0.39, 0.29) is 6.42 Å². The maximum atomic E-state index is 10.6. The van der Waals surface area contributed by atoms with E-state index < -0.39 is 5.97 Å². The molecule has 0 aliphatic carbocycles. The van der Waals surface area contributed by atoms with Crippen molar-refractivity contribution in [1.29, 1.82) is 0 Å². The summed E-state index contributed by atoms with van der Waals surface area (Å²) in [5, 5.41) is 8.74. The van der Waals surface area contributed by atoms with Gasteiger partial charge in [-0.05, 0) is 42.3 Å². The predicted octanol–water partition coefficient (Wildman–Crippen LogP) is 2.08. The first-order chi connectivity index (χ1) is 8.15. The zero-order valence-electron chi connectivity index (χ0n) is 9.42. The number of hydrogen-bond acceptors (Lipinski definition) is 3. The van der Waals surface area contributed by atoms with Gasteiger partial charge < -0.3 is 5.11 Å². The lowest BCUT2D eigenvalue weighted by atomic mass is 10.1. The van der Waals surface area contributed by atoms with Crippen LogP contribution in [0.15, 0.2) is 36.7 Å². The first-order valence-corrected chi connectivity index (χ1v) is 5.25. The second-order valence-electron chi connectivity index (χ2n) is 3.84. The first kappa shape index (κ1) is 11.3. The normalized spacial score (nSPS) is 10.2. The van der Waals surface area contributed by atoms with Crippen molar-refractivity contribution in [3.8, 4) is 11.4 Å². The Morgan fingerprint density at radius 2 is 1.82 bits per heavy atom. The Kier molecular flexibility index (Phi) is 3.14. The van der Waals surface area contributed by atoms with E-state index in [4.69, 9.17) is 5.11 Å². The van der Waals surface area contributed by atoms with Crippen LogP contribution in [0.5, 0.6) is 0 Å². The highest BCUT2D eigenvalue weighted by atomic mass is 16.4. The van der Waals surface area contributed by atoms with Gasteiger partial charge in [-0.2, -0.15) is 0 Å². The molecule has 2 aromatic heterocycles. The Balaban J connectivity index is 2.36. The Morgan fingerprint density at radius 3 is 2.47 bits per heavy atom. The van der Waals surface area contributed by atoms with Crippen molar-refractivity contribution in [3.05, 3.63) is 47.8 Å². The van der Waals surface area contributed by atoms with Crippen LogP contribution in [0.25, 0.3) is 11.4 Å². The summed E-state index contributed by atoms with van der Waals surface area (Å²) in [7, 11) is 0. The van der Waals surface area contributed by atoms with Crippen molar-refractivity contribution < 1.29 is 9.90 Å². The number of aliphatic carboxylic acids is 1. The minimum atomic E-state index is -0.848. The van der Waals surface area contributed by atoms with Crippen LogP contribution >= 0.6 is 0 Å². The summed E-state index contributed by atoms with van der Waals surface area (Å²) in [5.41, 5.74) is 3.29. The minimum Gasteiger partial charge on any atom is -0.481 e. The number of pyridine rings is 2. The van der Waals surface area contributed by atoms with Gasteiger partial charge in [-0.3, -0.25) is 14.8 Å². The molecule has 0 unspecified atom stereocenters. The Labute approximate surface area is 99.0 Å². The molecule has 86 valence electrons. The zero-order chi connectivity index (χ0) is 12.3. The van der Waals surface area contributed by atoms with Crippen molar-refractivity contribution in [2.45, 2.75) is 13.3 Å². The van der Waals surface area contributed by atoms with Crippen LogP contribution in [-0.2, 0) is 11.2 Å². The predicted molar refractivity (Wildman–Crippen MR) is 63.5 cm³/mol. The van der Waals surface area contributed by atoms with Crippen molar-refractivity contribution in [3.63, 3.8) is 0 Å². The fraction of sp³-hybridized carbons (Fsp3) is 0.154. The number of nitrogens with zero attached hydrogens (tertiary/aromatic N) is 2. The summed E-state index contributed by atoms with van der Waals surface area (Å²) in [6.07, 6.45) is 3.33. The number of hydrogen-bond donors (Lipinski definition) is 1. The molecule has 0 saturated carbocycles. The lowest BCUT2D eigenvalue weighted by molar-refractivity contribution is -0.136. The third-order valence-electron chi connectivity index (χ3n) is 2.36. The van der Waals surface area contributed by atoms with Gasteiger partial charge in [-0.1, -0.05) is 0 Å². The summed E-state index contributed by atoms with van der Waals surface area (Å²) in [6, 6.07) is 7.29. The lowest BCUT2D eigenvalue weighted by Gasteiger charge is -2.03. The van der Waals surface area contributed by atoms with E-state index in [2.05, 4.69) is 9.97 Å². The molecule has 0 saturated heterocycles. The summed E-state index contributed by atoms with van der Waals surface area (Å²) < 4.78 is 0. The van der Waals surface area contributed by atoms with E-state index in [0.717, 1.165) is 16.8 Å². The van der Waals surface area contributed by atoms with Crippen LogP contribution in [0.4, 0.5) is 0 Å². The molecule has 17 heavy (non-hydrogen) atoms.